The Morgan fingerprint density at radius 2 is 1.21 bits per heavy atom. The molecule has 53 heavy (non-hydrogen) atoms. The van der Waals surface area contributed by atoms with E-state index in [0.29, 0.717) is 43.1 Å². The number of aromatic nitrogens is 14. The molecule has 2 aliphatic heterocycles. The lowest BCUT2D eigenvalue weighted by molar-refractivity contribution is -0.146. The second-order valence-corrected chi connectivity index (χ2v) is 14.1. The van der Waals surface area contributed by atoms with Gasteiger partial charge in [0.1, 0.15) is 17.7 Å². The molecule has 19 heteroatoms. The van der Waals surface area contributed by atoms with Crippen molar-refractivity contribution < 1.29 is 13.2 Å². The minimum Gasteiger partial charge on any atom is -0.339 e. The molecule has 6 aromatic heterocycles. The molecule has 8 heterocycles. The summed E-state index contributed by atoms with van der Waals surface area (Å²) >= 11 is 0. The van der Waals surface area contributed by atoms with Crippen LogP contribution >= 0.6 is 0 Å². The summed E-state index contributed by atoms with van der Waals surface area (Å²) in [5.74, 6) is 4.73. The molecular weight excluding hydrogens is 689 g/mol. The quantitative estimate of drug-likeness (QED) is 0.224. The number of fused-ring (bicyclic) bond motifs is 2. The lowest BCUT2D eigenvalue weighted by Crippen LogP contribution is -2.41. The highest BCUT2D eigenvalue weighted by Gasteiger charge is 2.47. The van der Waals surface area contributed by atoms with E-state index < -0.39 is 12.2 Å². The molecule has 0 spiro atoms. The summed E-state index contributed by atoms with van der Waals surface area (Å²) < 4.78 is 46.7. The van der Waals surface area contributed by atoms with E-state index in [1.54, 1.807) is 17.8 Å². The van der Waals surface area contributed by atoms with Gasteiger partial charge in [0.2, 0.25) is 11.9 Å². The third kappa shape index (κ3) is 7.50. The fourth-order valence-electron chi connectivity index (χ4n) is 6.89. The van der Waals surface area contributed by atoms with Gasteiger partial charge in [-0.1, -0.05) is 6.92 Å². The van der Waals surface area contributed by atoms with Crippen molar-refractivity contribution in [3.05, 3.63) is 58.5 Å². The average Bonchev–Trinajstić information content (AvgIpc) is 3.95. The number of alkyl halides is 3. The lowest BCUT2D eigenvalue weighted by atomic mass is 10.2. The predicted octanol–water partition coefficient (Wildman–Crippen LogP) is 3.69. The van der Waals surface area contributed by atoms with E-state index in [-0.39, 0.29) is 12.4 Å². The maximum Gasteiger partial charge on any atom is 0.408 e. The fraction of sp³-hybridized carbons (Fsp3) is 0.588. The highest BCUT2D eigenvalue weighted by molar-refractivity contribution is 5.44. The SMILES string of the molecule is Cc1ncc(C)n2nc(CCc3nc(N4CCC[C@@H]4C(F)(F)F)nn3C)nc12.Cc1ncc(C)n2nc(CCc3nc(N4CC[C@H](C)C4)nn3C)nc12. The molecule has 2 aliphatic rings. The van der Waals surface area contributed by atoms with Gasteiger partial charge in [0.05, 0.1) is 22.8 Å². The van der Waals surface area contributed by atoms with E-state index in [4.69, 9.17) is 4.98 Å². The summed E-state index contributed by atoms with van der Waals surface area (Å²) in [6.45, 7) is 12.4. The van der Waals surface area contributed by atoms with Gasteiger partial charge in [-0.2, -0.15) is 33.3 Å². The molecule has 16 nitrogen and oxygen atoms in total. The van der Waals surface area contributed by atoms with Gasteiger partial charge in [-0.3, -0.25) is 19.3 Å². The number of hydrogen-bond donors (Lipinski definition) is 0. The van der Waals surface area contributed by atoms with Crippen molar-refractivity contribution in [1.82, 2.24) is 68.7 Å². The largest absolute Gasteiger partial charge is 0.408 e. The maximum absolute atomic E-state index is 13.2. The molecule has 0 aromatic carbocycles. The van der Waals surface area contributed by atoms with Crippen LogP contribution in [0.15, 0.2) is 12.4 Å². The molecule has 6 aromatic rings. The van der Waals surface area contributed by atoms with Crippen molar-refractivity contribution in [2.45, 2.75) is 91.8 Å². The van der Waals surface area contributed by atoms with E-state index in [9.17, 15) is 13.2 Å². The minimum absolute atomic E-state index is 0.0784. The Bertz CT molecular complexity index is 2150. The van der Waals surface area contributed by atoms with Crippen LogP contribution in [0.4, 0.5) is 25.1 Å². The maximum atomic E-state index is 13.2. The topological polar surface area (TPSA) is 154 Å². The standard InChI is InChI=1S/C17H21F3N8.C17H24N8/c1-10-9-21-11(2)15-22-13(24-28(10)15)6-7-14-23-16(25-26(14)3)27-8-4-5-12(27)17(18,19)20;1-11-7-8-24(10-11)17-20-15(23(4)22-17)6-5-14-19-16-13(3)18-9-12(2)25(16)21-14/h9,12H,4-8H2,1-3H3;9,11H,5-8,10H2,1-4H3/t12-;11-/m10/s1. The van der Waals surface area contributed by atoms with Crippen LogP contribution in [0, 0.1) is 33.6 Å². The van der Waals surface area contributed by atoms with Gasteiger partial charge in [0, 0.05) is 71.8 Å². The summed E-state index contributed by atoms with van der Waals surface area (Å²) in [4.78, 5) is 30.4. The second kappa shape index (κ2) is 14.3. The van der Waals surface area contributed by atoms with Crippen molar-refractivity contribution in [2.75, 3.05) is 29.4 Å². The summed E-state index contributed by atoms with van der Waals surface area (Å²) in [5.41, 5.74) is 5.10. The number of halogens is 3. The van der Waals surface area contributed by atoms with Crippen LogP contribution in [0.2, 0.25) is 0 Å². The van der Waals surface area contributed by atoms with Crippen molar-refractivity contribution in [3.63, 3.8) is 0 Å². The Labute approximate surface area is 304 Å². The van der Waals surface area contributed by atoms with Crippen molar-refractivity contribution in [2.24, 2.45) is 20.0 Å². The fourth-order valence-corrected chi connectivity index (χ4v) is 6.89. The van der Waals surface area contributed by atoms with Crippen LogP contribution in [0.1, 0.15) is 72.3 Å². The van der Waals surface area contributed by atoms with Gasteiger partial charge in [0.15, 0.2) is 22.9 Å². The third-order valence-electron chi connectivity index (χ3n) is 9.93. The number of hydrogen-bond acceptors (Lipinski definition) is 12. The zero-order valence-electron chi connectivity index (χ0n) is 31.2. The molecule has 0 saturated carbocycles. The van der Waals surface area contributed by atoms with E-state index in [2.05, 4.69) is 57.1 Å². The molecular formula is C34H45F3N16. The Kier molecular flexibility index (Phi) is 9.75. The lowest BCUT2D eigenvalue weighted by Gasteiger charge is -2.25. The summed E-state index contributed by atoms with van der Waals surface area (Å²) in [6, 6.07) is -1.51. The highest BCUT2D eigenvalue weighted by atomic mass is 19.4. The molecule has 0 unspecified atom stereocenters. The van der Waals surface area contributed by atoms with Crippen LogP contribution in [-0.2, 0) is 39.8 Å². The highest BCUT2D eigenvalue weighted by Crippen LogP contribution is 2.34. The monoisotopic (exact) mass is 734 g/mol. The first-order valence-corrected chi connectivity index (χ1v) is 18.0. The molecule has 2 fully saturated rings. The van der Waals surface area contributed by atoms with Gasteiger partial charge in [-0.15, -0.1) is 10.2 Å². The van der Waals surface area contributed by atoms with Crippen molar-refractivity contribution in [3.8, 4) is 0 Å². The predicted molar refractivity (Wildman–Crippen MR) is 190 cm³/mol. The summed E-state index contributed by atoms with van der Waals surface area (Å²) in [7, 11) is 3.65. The molecule has 0 N–H and O–H groups in total. The van der Waals surface area contributed by atoms with Crippen LogP contribution in [-0.4, -0.2) is 101 Å². The third-order valence-corrected chi connectivity index (χ3v) is 9.93. The normalized spacial score (nSPS) is 17.8. The summed E-state index contributed by atoms with van der Waals surface area (Å²) in [5, 5.41) is 17.9. The van der Waals surface area contributed by atoms with E-state index in [1.807, 2.05) is 50.1 Å². The molecule has 2 atom stereocenters. The van der Waals surface area contributed by atoms with Gasteiger partial charge in [-0.25, -0.2) is 19.0 Å². The molecule has 0 radical (unpaired) electrons. The number of nitrogens with zero attached hydrogens (tertiary/aromatic N) is 16. The number of aryl methyl sites for hydroxylation is 10. The van der Waals surface area contributed by atoms with Gasteiger partial charge >= 0.3 is 6.18 Å². The second-order valence-electron chi connectivity index (χ2n) is 14.1. The first kappa shape index (κ1) is 36.1. The minimum atomic E-state index is -4.28. The first-order chi connectivity index (χ1) is 25.2. The van der Waals surface area contributed by atoms with Crippen LogP contribution in [0.5, 0.6) is 0 Å². The zero-order chi connectivity index (χ0) is 37.6. The smallest absolute Gasteiger partial charge is 0.339 e. The molecule has 0 amide bonds. The van der Waals surface area contributed by atoms with Gasteiger partial charge in [-0.05, 0) is 52.9 Å². The Hall–Kier alpha value is -5.23. The van der Waals surface area contributed by atoms with Gasteiger partial charge in [0.25, 0.3) is 0 Å². The van der Waals surface area contributed by atoms with E-state index in [1.165, 1.54) is 16.0 Å². The van der Waals surface area contributed by atoms with E-state index in [0.717, 1.165) is 77.9 Å². The van der Waals surface area contributed by atoms with Crippen LogP contribution < -0.4 is 9.80 Å². The van der Waals surface area contributed by atoms with Crippen molar-refractivity contribution >= 4 is 23.2 Å². The molecule has 8 rings (SSSR count). The zero-order valence-corrected chi connectivity index (χ0v) is 31.2. The number of anilines is 2. The Morgan fingerprint density at radius 1 is 0.679 bits per heavy atom. The molecule has 2 saturated heterocycles. The average molecular weight is 735 g/mol. The first-order valence-electron chi connectivity index (χ1n) is 18.0. The van der Waals surface area contributed by atoms with Crippen molar-refractivity contribution in [1.29, 1.82) is 0 Å². The van der Waals surface area contributed by atoms with Crippen LogP contribution in [0.3, 0.4) is 0 Å². The molecule has 0 bridgehead atoms. The molecule has 282 valence electrons. The molecule has 0 aliphatic carbocycles. The Balaban J connectivity index is 0.000000165. The van der Waals surface area contributed by atoms with Crippen LogP contribution in [0.25, 0.3) is 11.3 Å². The number of rotatable bonds is 8. The Morgan fingerprint density at radius 3 is 1.70 bits per heavy atom. The van der Waals surface area contributed by atoms with E-state index >= 15 is 0 Å². The summed E-state index contributed by atoms with van der Waals surface area (Å²) in [6.07, 6.45) is 3.57. The van der Waals surface area contributed by atoms with Gasteiger partial charge < -0.3 is 9.80 Å².